The lowest BCUT2D eigenvalue weighted by atomic mass is 9.96. The first kappa shape index (κ1) is 18.9. The number of halogens is 1. The molecule has 2 heterocycles. The van der Waals surface area contributed by atoms with Gasteiger partial charge in [-0.05, 0) is 34.0 Å². The number of benzene rings is 2. The van der Waals surface area contributed by atoms with Crippen LogP contribution >= 0.6 is 15.9 Å². The van der Waals surface area contributed by atoms with Crippen LogP contribution in [-0.4, -0.2) is 47.0 Å². The molecule has 2 aromatic carbocycles. The molecule has 1 saturated heterocycles. The summed E-state index contributed by atoms with van der Waals surface area (Å²) in [5.74, 6) is 0.537. The molecule has 0 saturated carbocycles. The second kappa shape index (κ2) is 8.29. The molecule has 1 amide bonds. The van der Waals surface area contributed by atoms with Crippen molar-refractivity contribution in [2.75, 3.05) is 26.2 Å². The molecule has 1 aliphatic heterocycles. The fourth-order valence-corrected chi connectivity index (χ4v) is 4.03. The second-order valence-corrected chi connectivity index (χ2v) is 7.75. The monoisotopic (exact) mass is 439 g/mol. The summed E-state index contributed by atoms with van der Waals surface area (Å²) in [4.78, 5) is 17.1. The van der Waals surface area contributed by atoms with E-state index in [1.807, 2.05) is 17.0 Å². The van der Waals surface area contributed by atoms with E-state index in [1.165, 1.54) is 11.1 Å². The van der Waals surface area contributed by atoms with E-state index in [2.05, 4.69) is 74.5 Å². The molecular formula is C22H22BrN3O2. The fourth-order valence-electron chi connectivity index (χ4n) is 3.71. The van der Waals surface area contributed by atoms with Gasteiger partial charge in [-0.25, -0.2) is 0 Å². The van der Waals surface area contributed by atoms with E-state index in [0.717, 1.165) is 13.1 Å². The van der Waals surface area contributed by atoms with E-state index in [0.29, 0.717) is 29.0 Å². The van der Waals surface area contributed by atoms with E-state index >= 15 is 0 Å². The third kappa shape index (κ3) is 3.75. The van der Waals surface area contributed by atoms with Gasteiger partial charge in [-0.3, -0.25) is 9.69 Å². The largest absolute Gasteiger partial charge is 0.360 e. The van der Waals surface area contributed by atoms with E-state index in [9.17, 15) is 4.79 Å². The molecule has 0 radical (unpaired) electrons. The van der Waals surface area contributed by atoms with Crippen LogP contribution in [0, 0.1) is 6.92 Å². The lowest BCUT2D eigenvalue weighted by Crippen LogP contribution is -2.50. The zero-order chi connectivity index (χ0) is 19.5. The van der Waals surface area contributed by atoms with E-state index in [4.69, 9.17) is 4.52 Å². The Labute approximate surface area is 173 Å². The molecule has 1 fully saturated rings. The summed E-state index contributed by atoms with van der Waals surface area (Å²) >= 11 is 3.40. The highest BCUT2D eigenvalue weighted by molar-refractivity contribution is 9.10. The van der Waals surface area contributed by atoms with Crippen LogP contribution in [0.15, 0.2) is 69.7 Å². The van der Waals surface area contributed by atoms with Crippen LogP contribution in [-0.2, 0) is 0 Å². The molecular weight excluding hydrogens is 418 g/mol. The molecule has 0 N–H and O–H groups in total. The first-order valence-electron chi connectivity index (χ1n) is 9.40. The van der Waals surface area contributed by atoms with Gasteiger partial charge >= 0.3 is 0 Å². The maximum Gasteiger partial charge on any atom is 0.277 e. The molecule has 4 rings (SSSR count). The minimum absolute atomic E-state index is 0.0839. The number of hydrogen-bond acceptors (Lipinski definition) is 4. The SMILES string of the molecule is Cc1onc(C(=O)N2CCN(C(c3ccccc3)c3ccccc3)CC2)c1Br. The Balaban J connectivity index is 1.52. The highest BCUT2D eigenvalue weighted by atomic mass is 79.9. The fraction of sp³-hybridized carbons (Fsp3) is 0.273. The van der Waals surface area contributed by atoms with Crippen molar-refractivity contribution in [2.45, 2.75) is 13.0 Å². The van der Waals surface area contributed by atoms with Crippen LogP contribution in [0.2, 0.25) is 0 Å². The summed E-state index contributed by atoms with van der Waals surface area (Å²) in [5, 5.41) is 3.91. The number of hydrogen-bond donors (Lipinski definition) is 0. The van der Waals surface area contributed by atoms with Gasteiger partial charge in [0.05, 0.1) is 10.5 Å². The van der Waals surface area contributed by atoms with Crippen molar-refractivity contribution in [3.8, 4) is 0 Å². The van der Waals surface area contributed by atoms with E-state index < -0.39 is 0 Å². The van der Waals surface area contributed by atoms with Gasteiger partial charge in [-0.15, -0.1) is 0 Å². The van der Waals surface area contributed by atoms with Crippen molar-refractivity contribution in [1.29, 1.82) is 0 Å². The van der Waals surface area contributed by atoms with Crippen LogP contribution in [0.5, 0.6) is 0 Å². The number of amides is 1. The zero-order valence-corrected chi connectivity index (χ0v) is 17.3. The highest BCUT2D eigenvalue weighted by Crippen LogP contribution is 2.30. The molecule has 144 valence electrons. The maximum absolute atomic E-state index is 12.8. The summed E-state index contributed by atoms with van der Waals surface area (Å²) < 4.78 is 5.77. The molecule has 6 heteroatoms. The van der Waals surface area contributed by atoms with Crippen molar-refractivity contribution in [2.24, 2.45) is 0 Å². The third-order valence-electron chi connectivity index (χ3n) is 5.19. The Morgan fingerprint density at radius 1 is 0.964 bits per heavy atom. The first-order chi connectivity index (χ1) is 13.6. The van der Waals surface area contributed by atoms with Gasteiger partial charge in [0.25, 0.3) is 5.91 Å². The third-order valence-corrected chi connectivity index (χ3v) is 6.12. The predicted molar refractivity (Wildman–Crippen MR) is 111 cm³/mol. The molecule has 0 bridgehead atoms. The molecule has 3 aromatic rings. The molecule has 5 nitrogen and oxygen atoms in total. The topological polar surface area (TPSA) is 49.6 Å². The number of piperazine rings is 1. The van der Waals surface area contributed by atoms with Gasteiger partial charge in [-0.1, -0.05) is 65.8 Å². The van der Waals surface area contributed by atoms with Gasteiger partial charge < -0.3 is 9.42 Å². The molecule has 0 aliphatic carbocycles. The lowest BCUT2D eigenvalue weighted by Gasteiger charge is -2.39. The second-order valence-electron chi connectivity index (χ2n) is 6.95. The van der Waals surface area contributed by atoms with Gasteiger partial charge in [0.1, 0.15) is 5.76 Å². The number of carbonyl (C=O) groups is 1. The van der Waals surface area contributed by atoms with Crippen LogP contribution in [0.25, 0.3) is 0 Å². The normalized spacial score (nSPS) is 15.2. The number of aryl methyl sites for hydroxylation is 1. The molecule has 28 heavy (non-hydrogen) atoms. The summed E-state index contributed by atoms with van der Waals surface area (Å²) in [7, 11) is 0. The van der Waals surface area contributed by atoms with Crippen molar-refractivity contribution >= 4 is 21.8 Å². The van der Waals surface area contributed by atoms with Crippen molar-refractivity contribution in [1.82, 2.24) is 15.0 Å². The smallest absolute Gasteiger partial charge is 0.277 e. The summed E-state index contributed by atoms with van der Waals surface area (Å²) in [6.45, 7) is 4.71. The standard InChI is InChI=1S/C22H22BrN3O2/c1-16-19(23)20(24-28-16)22(27)26-14-12-25(13-15-26)21(17-8-4-2-5-9-17)18-10-6-3-7-11-18/h2-11,21H,12-15H2,1H3. The molecule has 1 aromatic heterocycles. The molecule has 0 spiro atoms. The highest BCUT2D eigenvalue weighted by Gasteiger charge is 2.30. The Morgan fingerprint density at radius 2 is 1.50 bits per heavy atom. The molecule has 1 aliphatic rings. The number of carbonyl (C=O) groups excluding carboxylic acids is 1. The Kier molecular flexibility index (Phi) is 5.59. The summed E-state index contributed by atoms with van der Waals surface area (Å²) in [5.41, 5.74) is 2.89. The van der Waals surface area contributed by atoms with Crippen molar-refractivity contribution in [3.63, 3.8) is 0 Å². The molecule has 0 atom stereocenters. The average Bonchev–Trinajstić information content (AvgIpc) is 3.08. The Bertz CT molecular complexity index is 895. The summed E-state index contributed by atoms with van der Waals surface area (Å²) in [6, 6.07) is 21.3. The predicted octanol–water partition coefficient (Wildman–Crippen LogP) is 4.29. The Hall–Kier alpha value is -2.44. The van der Waals surface area contributed by atoms with Gasteiger partial charge in [0.2, 0.25) is 0 Å². The maximum atomic E-state index is 12.8. The van der Waals surface area contributed by atoms with Crippen LogP contribution in [0.3, 0.4) is 0 Å². The van der Waals surface area contributed by atoms with Gasteiger partial charge in [0, 0.05) is 26.2 Å². The lowest BCUT2D eigenvalue weighted by molar-refractivity contribution is 0.0587. The van der Waals surface area contributed by atoms with Gasteiger partial charge in [0.15, 0.2) is 5.69 Å². The average molecular weight is 440 g/mol. The van der Waals surface area contributed by atoms with Crippen LogP contribution < -0.4 is 0 Å². The number of rotatable bonds is 4. The Morgan fingerprint density at radius 3 is 1.96 bits per heavy atom. The first-order valence-corrected chi connectivity index (χ1v) is 10.2. The van der Waals surface area contributed by atoms with Gasteiger partial charge in [-0.2, -0.15) is 0 Å². The van der Waals surface area contributed by atoms with Crippen molar-refractivity contribution in [3.05, 3.63) is 87.7 Å². The van der Waals surface area contributed by atoms with Crippen LogP contribution in [0.1, 0.15) is 33.4 Å². The van der Waals surface area contributed by atoms with E-state index in [1.54, 1.807) is 6.92 Å². The number of aromatic nitrogens is 1. The zero-order valence-electron chi connectivity index (χ0n) is 15.7. The molecule has 0 unspecified atom stereocenters. The van der Waals surface area contributed by atoms with Crippen molar-refractivity contribution < 1.29 is 9.32 Å². The minimum atomic E-state index is -0.0839. The minimum Gasteiger partial charge on any atom is -0.360 e. The van der Waals surface area contributed by atoms with Crippen LogP contribution in [0.4, 0.5) is 0 Å². The summed E-state index contributed by atoms with van der Waals surface area (Å²) in [6.07, 6.45) is 0. The number of nitrogens with zero attached hydrogens (tertiary/aromatic N) is 3. The quantitative estimate of drug-likeness (QED) is 0.608. The van der Waals surface area contributed by atoms with E-state index in [-0.39, 0.29) is 11.9 Å².